The van der Waals surface area contributed by atoms with E-state index in [2.05, 4.69) is 44.3 Å². The van der Waals surface area contributed by atoms with Gasteiger partial charge in [0.05, 0.1) is 0 Å². The first kappa shape index (κ1) is 11.2. The van der Waals surface area contributed by atoms with Crippen LogP contribution in [0, 0.1) is 0 Å². The Labute approximate surface area is 117 Å². The Morgan fingerprint density at radius 2 is 1.00 bits per heavy atom. The van der Waals surface area contributed by atoms with Crippen molar-refractivity contribution in [3.8, 4) is 0 Å². The first-order valence-electron chi connectivity index (χ1n) is 6.66. The topological polar surface area (TPSA) is 31.2 Å². The number of hydrogen-bond donors (Lipinski definition) is 0. The Morgan fingerprint density at radius 3 is 1.40 bits per heavy atom. The molecule has 0 aliphatic carbocycles. The van der Waals surface area contributed by atoms with Gasteiger partial charge < -0.3 is 0 Å². The molecule has 0 amide bonds. The molecule has 0 fully saturated rings. The highest BCUT2D eigenvalue weighted by molar-refractivity contribution is 5.70. The van der Waals surface area contributed by atoms with Crippen LogP contribution in [0.15, 0.2) is 70.6 Å². The average molecular weight is 262 g/mol. The monoisotopic (exact) mass is 262 g/mol. The summed E-state index contributed by atoms with van der Waals surface area (Å²) < 4.78 is 0. The molecule has 2 aliphatic rings. The van der Waals surface area contributed by atoms with Gasteiger partial charge in [-0.25, -0.2) is 20.0 Å². The Bertz CT molecular complexity index is 591. The molecular weight excluding hydrogens is 248 g/mol. The third kappa shape index (κ3) is 1.69. The molecule has 98 valence electrons. The molecule has 2 unspecified atom stereocenters. The molecule has 2 heterocycles. The van der Waals surface area contributed by atoms with Gasteiger partial charge in [-0.1, -0.05) is 60.7 Å². The zero-order valence-corrected chi connectivity index (χ0v) is 10.9. The molecule has 0 spiro atoms. The molecule has 0 radical (unpaired) electrons. The molecule has 0 aromatic heterocycles. The number of fused-ring (bicyclic) bond motifs is 1. The minimum absolute atomic E-state index is 0.00587. The SMILES string of the molecule is C1=NC(c2ccccc2)N2C=NC(c3ccccc3)N12. The van der Waals surface area contributed by atoms with Gasteiger partial charge in [-0.2, -0.15) is 0 Å². The maximum Gasteiger partial charge on any atom is 0.168 e. The first-order valence-corrected chi connectivity index (χ1v) is 6.66. The van der Waals surface area contributed by atoms with E-state index in [1.165, 1.54) is 11.1 Å². The van der Waals surface area contributed by atoms with Gasteiger partial charge in [0.2, 0.25) is 0 Å². The summed E-state index contributed by atoms with van der Waals surface area (Å²) in [5.74, 6) is 0. The van der Waals surface area contributed by atoms with Gasteiger partial charge in [0.15, 0.2) is 12.3 Å². The van der Waals surface area contributed by atoms with Crippen molar-refractivity contribution in [3.05, 3.63) is 71.8 Å². The number of nitrogens with zero attached hydrogens (tertiary/aromatic N) is 4. The number of hydrazine groups is 1. The lowest BCUT2D eigenvalue weighted by atomic mass is 10.2. The van der Waals surface area contributed by atoms with E-state index < -0.39 is 0 Å². The fraction of sp³-hybridized carbons (Fsp3) is 0.125. The van der Waals surface area contributed by atoms with Crippen LogP contribution < -0.4 is 0 Å². The fourth-order valence-corrected chi connectivity index (χ4v) is 2.63. The molecule has 4 heteroatoms. The second-order valence-corrected chi connectivity index (χ2v) is 4.86. The lowest BCUT2D eigenvalue weighted by Gasteiger charge is -2.27. The van der Waals surface area contributed by atoms with Crippen LogP contribution >= 0.6 is 0 Å². The third-order valence-electron chi connectivity index (χ3n) is 3.62. The lowest BCUT2D eigenvalue weighted by molar-refractivity contribution is 0.108. The quantitative estimate of drug-likeness (QED) is 0.833. The predicted molar refractivity (Wildman–Crippen MR) is 79.0 cm³/mol. The second kappa shape index (κ2) is 4.49. The van der Waals surface area contributed by atoms with Crippen molar-refractivity contribution < 1.29 is 0 Å². The van der Waals surface area contributed by atoms with Gasteiger partial charge in [0, 0.05) is 0 Å². The van der Waals surface area contributed by atoms with Crippen molar-refractivity contribution in [2.75, 3.05) is 0 Å². The van der Waals surface area contributed by atoms with Crippen molar-refractivity contribution in [3.63, 3.8) is 0 Å². The van der Waals surface area contributed by atoms with Gasteiger partial charge in [-0.3, -0.25) is 0 Å². The molecule has 20 heavy (non-hydrogen) atoms. The maximum atomic E-state index is 4.60. The number of rotatable bonds is 2. The van der Waals surface area contributed by atoms with Crippen LogP contribution in [0.1, 0.15) is 23.5 Å². The highest BCUT2D eigenvalue weighted by Gasteiger charge is 2.36. The van der Waals surface area contributed by atoms with Crippen molar-refractivity contribution in [1.82, 2.24) is 10.0 Å². The largest absolute Gasteiger partial charge is 0.242 e. The van der Waals surface area contributed by atoms with E-state index in [4.69, 9.17) is 0 Å². The molecule has 2 aliphatic heterocycles. The number of benzene rings is 2. The molecular formula is C16H14N4. The summed E-state index contributed by atoms with van der Waals surface area (Å²) in [5.41, 5.74) is 2.35. The fourth-order valence-electron chi connectivity index (χ4n) is 2.63. The van der Waals surface area contributed by atoms with Gasteiger partial charge in [-0.15, -0.1) is 0 Å². The van der Waals surface area contributed by atoms with E-state index in [1.54, 1.807) is 0 Å². The molecule has 0 saturated heterocycles. The van der Waals surface area contributed by atoms with Crippen LogP contribution in [-0.2, 0) is 0 Å². The zero-order valence-electron chi connectivity index (χ0n) is 10.9. The molecule has 0 bridgehead atoms. The van der Waals surface area contributed by atoms with E-state index >= 15 is 0 Å². The molecule has 0 N–H and O–H groups in total. The van der Waals surface area contributed by atoms with Gasteiger partial charge in [0.1, 0.15) is 12.7 Å². The molecule has 2 atom stereocenters. The molecule has 2 aromatic rings. The molecule has 4 nitrogen and oxygen atoms in total. The van der Waals surface area contributed by atoms with E-state index in [0.717, 1.165) is 0 Å². The Kier molecular flexibility index (Phi) is 2.52. The van der Waals surface area contributed by atoms with Crippen molar-refractivity contribution in [2.24, 2.45) is 9.98 Å². The van der Waals surface area contributed by atoms with Crippen molar-refractivity contribution >= 4 is 12.7 Å². The standard InChI is InChI=1S/C16H14N4/c1-3-7-13(8-4-1)15-17-11-20-16(18-12-19(15)20)14-9-5-2-6-10-14/h1-12,15-16H. The predicted octanol–water partition coefficient (Wildman–Crippen LogP) is 2.99. The Morgan fingerprint density at radius 1 is 0.600 bits per heavy atom. The summed E-state index contributed by atoms with van der Waals surface area (Å²) in [4.78, 5) is 9.20. The van der Waals surface area contributed by atoms with E-state index in [-0.39, 0.29) is 12.3 Å². The van der Waals surface area contributed by atoms with Gasteiger partial charge >= 0.3 is 0 Å². The summed E-state index contributed by atoms with van der Waals surface area (Å²) in [5, 5.41) is 4.15. The minimum Gasteiger partial charge on any atom is -0.242 e. The number of aliphatic imine (C=N–C) groups is 2. The number of hydrogen-bond acceptors (Lipinski definition) is 4. The van der Waals surface area contributed by atoms with Crippen LogP contribution in [0.4, 0.5) is 0 Å². The highest BCUT2D eigenvalue weighted by Crippen LogP contribution is 2.36. The minimum atomic E-state index is -0.00587. The summed E-state index contributed by atoms with van der Waals surface area (Å²) in [6.07, 6.45) is 3.74. The summed E-state index contributed by atoms with van der Waals surface area (Å²) in [6.45, 7) is 0. The normalized spacial score (nSPS) is 23.4. The summed E-state index contributed by atoms with van der Waals surface area (Å²) in [7, 11) is 0. The zero-order chi connectivity index (χ0) is 13.4. The van der Waals surface area contributed by atoms with Gasteiger partial charge in [-0.05, 0) is 11.1 Å². The third-order valence-corrected chi connectivity index (χ3v) is 3.62. The van der Waals surface area contributed by atoms with Crippen LogP contribution in [0.5, 0.6) is 0 Å². The van der Waals surface area contributed by atoms with E-state index in [0.29, 0.717) is 0 Å². The Balaban J connectivity index is 1.63. The molecule has 0 saturated carbocycles. The summed E-state index contributed by atoms with van der Waals surface area (Å²) >= 11 is 0. The summed E-state index contributed by atoms with van der Waals surface area (Å²) in [6, 6.07) is 20.6. The van der Waals surface area contributed by atoms with Crippen molar-refractivity contribution in [2.45, 2.75) is 12.3 Å². The van der Waals surface area contributed by atoms with Crippen LogP contribution in [0.3, 0.4) is 0 Å². The average Bonchev–Trinajstić information content (AvgIpc) is 3.10. The van der Waals surface area contributed by atoms with E-state index in [1.807, 2.05) is 49.1 Å². The smallest absolute Gasteiger partial charge is 0.168 e. The van der Waals surface area contributed by atoms with Crippen LogP contribution in [0.2, 0.25) is 0 Å². The molecule has 2 aromatic carbocycles. The van der Waals surface area contributed by atoms with Crippen molar-refractivity contribution in [1.29, 1.82) is 0 Å². The van der Waals surface area contributed by atoms with Crippen LogP contribution in [-0.4, -0.2) is 22.7 Å². The van der Waals surface area contributed by atoms with Crippen LogP contribution in [0.25, 0.3) is 0 Å². The molecule has 4 rings (SSSR count). The van der Waals surface area contributed by atoms with E-state index in [9.17, 15) is 0 Å². The lowest BCUT2D eigenvalue weighted by Crippen LogP contribution is -2.34. The highest BCUT2D eigenvalue weighted by atomic mass is 15.7. The Hall–Kier alpha value is -2.62. The first-order chi connectivity index (χ1) is 9.93. The second-order valence-electron chi connectivity index (χ2n) is 4.86. The maximum absolute atomic E-state index is 4.60. The van der Waals surface area contributed by atoms with Gasteiger partial charge in [0.25, 0.3) is 0 Å².